The van der Waals surface area contributed by atoms with Crippen LogP contribution in [-0.4, -0.2) is 25.3 Å². The molecule has 4 heteroatoms. The van der Waals surface area contributed by atoms with Crippen LogP contribution in [-0.2, 0) is 9.47 Å². The van der Waals surface area contributed by atoms with E-state index in [1.807, 2.05) is 17.8 Å². The Balaban J connectivity index is 1.75. The van der Waals surface area contributed by atoms with Gasteiger partial charge in [-0.1, -0.05) is 12.1 Å². The molecule has 0 aromatic heterocycles. The average molecular weight is 289 g/mol. The number of thioether (sulfide) groups is 1. The van der Waals surface area contributed by atoms with Crippen LogP contribution in [0.1, 0.15) is 6.42 Å². The standard InChI is InChI=1S/C11H13BrO2S/c12-9-3-1-2-4-10(9)15-8-5-11-13-6-7-14-11/h1-4,11H,5-8H2. The van der Waals surface area contributed by atoms with E-state index < -0.39 is 0 Å². The Labute approximate surface area is 102 Å². The summed E-state index contributed by atoms with van der Waals surface area (Å²) >= 11 is 5.35. The van der Waals surface area contributed by atoms with Gasteiger partial charge in [0.1, 0.15) is 0 Å². The van der Waals surface area contributed by atoms with Gasteiger partial charge in [0, 0.05) is 21.5 Å². The zero-order valence-corrected chi connectivity index (χ0v) is 10.7. The lowest BCUT2D eigenvalue weighted by Crippen LogP contribution is -2.08. The van der Waals surface area contributed by atoms with E-state index in [0.29, 0.717) is 0 Å². The number of hydrogen-bond donors (Lipinski definition) is 0. The van der Waals surface area contributed by atoms with E-state index in [9.17, 15) is 0 Å². The molecule has 1 heterocycles. The van der Waals surface area contributed by atoms with Gasteiger partial charge in [-0.3, -0.25) is 0 Å². The minimum absolute atomic E-state index is 0.0139. The van der Waals surface area contributed by atoms with Gasteiger partial charge in [0.05, 0.1) is 13.2 Å². The molecule has 0 radical (unpaired) electrons. The van der Waals surface area contributed by atoms with E-state index >= 15 is 0 Å². The first kappa shape index (κ1) is 11.5. The van der Waals surface area contributed by atoms with Gasteiger partial charge in [-0.25, -0.2) is 0 Å². The Bertz CT molecular complexity index is 313. The fraction of sp³-hybridized carbons (Fsp3) is 0.455. The molecule has 0 spiro atoms. The van der Waals surface area contributed by atoms with Crippen LogP contribution in [0.4, 0.5) is 0 Å². The molecular weight excluding hydrogens is 276 g/mol. The SMILES string of the molecule is Brc1ccccc1SCCC1OCCO1. The molecule has 0 aliphatic carbocycles. The maximum Gasteiger partial charge on any atom is 0.158 e. The van der Waals surface area contributed by atoms with Gasteiger partial charge in [-0.2, -0.15) is 0 Å². The summed E-state index contributed by atoms with van der Waals surface area (Å²) in [7, 11) is 0. The number of ether oxygens (including phenoxy) is 2. The van der Waals surface area contributed by atoms with Crippen molar-refractivity contribution in [3.05, 3.63) is 28.7 Å². The zero-order chi connectivity index (χ0) is 10.5. The largest absolute Gasteiger partial charge is 0.350 e. The topological polar surface area (TPSA) is 18.5 Å². The summed E-state index contributed by atoms with van der Waals surface area (Å²) in [4.78, 5) is 1.27. The average Bonchev–Trinajstić information content (AvgIpc) is 2.74. The van der Waals surface area contributed by atoms with E-state index in [1.54, 1.807) is 0 Å². The van der Waals surface area contributed by atoms with Crippen molar-refractivity contribution >= 4 is 27.7 Å². The highest BCUT2D eigenvalue weighted by atomic mass is 79.9. The second-order valence-corrected chi connectivity index (χ2v) is 5.23. The highest BCUT2D eigenvalue weighted by Gasteiger charge is 2.15. The lowest BCUT2D eigenvalue weighted by Gasteiger charge is -2.08. The smallest absolute Gasteiger partial charge is 0.158 e. The second kappa shape index (κ2) is 5.89. The number of benzene rings is 1. The molecule has 0 N–H and O–H groups in total. The summed E-state index contributed by atoms with van der Waals surface area (Å²) in [5.41, 5.74) is 0. The van der Waals surface area contributed by atoms with E-state index in [1.165, 1.54) is 4.90 Å². The molecule has 1 aromatic rings. The molecule has 0 bridgehead atoms. The molecular formula is C11H13BrO2S. The molecule has 15 heavy (non-hydrogen) atoms. The normalized spacial score (nSPS) is 17.1. The molecule has 1 fully saturated rings. The van der Waals surface area contributed by atoms with Crippen molar-refractivity contribution in [3.63, 3.8) is 0 Å². The van der Waals surface area contributed by atoms with Crippen molar-refractivity contribution in [2.45, 2.75) is 17.6 Å². The first-order valence-corrected chi connectivity index (χ1v) is 6.74. The molecule has 0 atom stereocenters. The summed E-state index contributed by atoms with van der Waals surface area (Å²) < 4.78 is 11.9. The van der Waals surface area contributed by atoms with Gasteiger partial charge in [0.2, 0.25) is 0 Å². The second-order valence-electron chi connectivity index (χ2n) is 3.24. The minimum Gasteiger partial charge on any atom is -0.350 e. The summed E-state index contributed by atoms with van der Waals surface area (Å²) in [5.74, 6) is 1.02. The quantitative estimate of drug-likeness (QED) is 0.792. The third-order valence-corrected chi connectivity index (χ3v) is 4.20. The Morgan fingerprint density at radius 1 is 1.27 bits per heavy atom. The molecule has 1 saturated heterocycles. The predicted molar refractivity (Wildman–Crippen MR) is 65.2 cm³/mol. The lowest BCUT2D eigenvalue weighted by atomic mass is 10.4. The van der Waals surface area contributed by atoms with E-state index in [2.05, 4.69) is 34.1 Å². The van der Waals surface area contributed by atoms with Crippen molar-refractivity contribution in [1.29, 1.82) is 0 Å². The van der Waals surface area contributed by atoms with Crippen molar-refractivity contribution in [2.24, 2.45) is 0 Å². The first-order chi connectivity index (χ1) is 7.36. The van der Waals surface area contributed by atoms with Crippen LogP contribution < -0.4 is 0 Å². The van der Waals surface area contributed by atoms with Crippen molar-refractivity contribution in [3.8, 4) is 0 Å². The predicted octanol–water partition coefficient (Wildman–Crippen LogP) is 3.30. The van der Waals surface area contributed by atoms with Gasteiger partial charge in [-0.05, 0) is 28.1 Å². The highest BCUT2D eigenvalue weighted by Crippen LogP contribution is 2.28. The number of halogens is 1. The van der Waals surface area contributed by atoms with Crippen LogP contribution in [0.3, 0.4) is 0 Å². The molecule has 0 unspecified atom stereocenters. The number of rotatable bonds is 4. The molecule has 1 aliphatic heterocycles. The Kier molecular flexibility index (Phi) is 4.50. The molecule has 1 aromatic carbocycles. The van der Waals surface area contributed by atoms with Gasteiger partial charge >= 0.3 is 0 Å². The van der Waals surface area contributed by atoms with Crippen molar-refractivity contribution < 1.29 is 9.47 Å². The summed E-state index contributed by atoms with van der Waals surface area (Å²) in [6.45, 7) is 1.48. The van der Waals surface area contributed by atoms with Gasteiger partial charge in [0.25, 0.3) is 0 Å². The Hall–Kier alpha value is -0.0300. The molecule has 0 saturated carbocycles. The monoisotopic (exact) mass is 288 g/mol. The molecule has 1 aliphatic rings. The maximum atomic E-state index is 5.37. The van der Waals surface area contributed by atoms with Gasteiger partial charge in [-0.15, -0.1) is 11.8 Å². The zero-order valence-electron chi connectivity index (χ0n) is 8.32. The van der Waals surface area contributed by atoms with Gasteiger partial charge < -0.3 is 9.47 Å². The summed E-state index contributed by atoms with van der Waals surface area (Å²) in [6, 6.07) is 8.25. The summed E-state index contributed by atoms with van der Waals surface area (Å²) in [6.07, 6.45) is 0.964. The van der Waals surface area contributed by atoms with Gasteiger partial charge in [0.15, 0.2) is 6.29 Å². The molecule has 2 nitrogen and oxygen atoms in total. The Morgan fingerprint density at radius 3 is 2.73 bits per heavy atom. The summed E-state index contributed by atoms with van der Waals surface area (Å²) in [5, 5.41) is 0. The Morgan fingerprint density at radius 2 is 2.00 bits per heavy atom. The molecule has 2 rings (SSSR count). The highest BCUT2D eigenvalue weighted by molar-refractivity contribution is 9.10. The van der Waals surface area contributed by atoms with E-state index in [0.717, 1.165) is 29.9 Å². The molecule has 0 amide bonds. The fourth-order valence-electron chi connectivity index (χ4n) is 1.40. The van der Waals surface area contributed by atoms with Crippen LogP contribution in [0.5, 0.6) is 0 Å². The first-order valence-electron chi connectivity index (χ1n) is 4.97. The van der Waals surface area contributed by atoms with Crippen LogP contribution >= 0.6 is 27.7 Å². The van der Waals surface area contributed by atoms with Crippen molar-refractivity contribution in [1.82, 2.24) is 0 Å². The van der Waals surface area contributed by atoms with E-state index in [-0.39, 0.29) is 6.29 Å². The van der Waals surface area contributed by atoms with E-state index in [4.69, 9.17) is 9.47 Å². The third-order valence-electron chi connectivity index (χ3n) is 2.14. The fourth-order valence-corrected chi connectivity index (χ4v) is 2.94. The number of hydrogen-bond acceptors (Lipinski definition) is 3. The van der Waals surface area contributed by atoms with Crippen LogP contribution in [0, 0.1) is 0 Å². The third kappa shape index (κ3) is 3.48. The minimum atomic E-state index is 0.0139. The lowest BCUT2D eigenvalue weighted by molar-refractivity contribution is -0.0421. The molecule has 82 valence electrons. The van der Waals surface area contributed by atoms with Crippen LogP contribution in [0.15, 0.2) is 33.6 Å². The van der Waals surface area contributed by atoms with Crippen molar-refractivity contribution in [2.75, 3.05) is 19.0 Å². The maximum absolute atomic E-state index is 5.37. The van der Waals surface area contributed by atoms with Crippen LogP contribution in [0.25, 0.3) is 0 Å². The van der Waals surface area contributed by atoms with Crippen LogP contribution in [0.2, 0.25) is 0 Å².